The Morgan fingerprint density at radius 2 is 2.00 bits per heavy atom. The lowest BCUT2D eigenvalue weighted by Crippen LogP contribution is -2.06. The highest BCUT2D eigenvalue weighted by atomic mass is 35.5. The van der Waals surface area contributed by atoms with Crippen LogP contribution in [0.2, 0.25) is 5.02 Å². The van der Waals surface area contributed by atoms with Crippen LogP contribution >= 0.6 is 11.6 Å². The smallest absolute Gasteiger partial charge is 0.183 e. The Kier molecular flexibility index (Phi) is 3.53. The molecule has 0 amide bonds. The van der Waals surface area contributed by atoms with Crippen LogP contribution in [0.3, 0.4) is 0 Å². The van der Waals surface area contributed by atoms with E-state index in [0.717, 1.165) is 0 Å². The highest BCUT2D eigenvalue weighted by molar-refractivity contribution is 6.33. The number of hydrogen-bond donors (Lipinski definition) is 1. The van der Waals surface area contributed by atoms with Crippen LogP contribution in [0, 0.1) is 5.82 Å². The topological polar surface area (TPSA) is 69.6 Å². The molecule has 1 heterocycles. The Balaban J connectivity index is 2.00. The van der Waals surface area contributed by atoms with Gasteiger partial charge < -0.3 is 5.73 Å². The van der Waals surface area contributed by atoms with Crippen LogP contribution in [-0.4, -0.2) is 20.2 Å². The van der Waals surface area contributed by atoms with Gasteiger partial charge in [-0.3, -0.25) is 0 Å². The molecular weight excluding hydrogens is 293 g/mol. The Labute approximate surface area is 125 Å². The van der Waals surface area contributed by atoms with E-state index in [-0.39, 0.29) is 12.4 Å². The Hall–Kier alpha value is -2.47. The van der Waals surface area contributed by atoms with Crippen molar-refractivity contribution in [3.05, 3.63) is 58.9 Å². The first kappa shape index (κ1) is 13.5. The van der Waals surface area contributed by atoms with E-state index in [9.17, 15) is 4.39 Å². The Bertz CT molecular complexity index is 787. The molecule has 3 aromatic rings. The van der Waals surface area contributed by atoms with Gasteiger partial charge in [0.2, 0.25) is 0 Å². The molecule has 106 valence electrons. The zero-order valence-electron chi connectivity index (χ0n) is 10.9. The van der Waals surface area contributed by atoms with Crippen molar-refractivity contribution >= 4 is 17.3 Å². The lowest BCUT2D eigenvalue weighted by molar-refractivity contribution is 0.579. The van der Waals surface area contributed by atoms with E-state index in [2.05, 4.69) is 15.5 Å². The molecule has 0 unspecified atom stereocenters. The molecule has 1 aromatic heterocycles. The van der Waals surface area contributed by atoms with E-state index >= 15 is 0 Å². The predicted molar refractivity (Wildman–Crippen MR) is 78.2 cm³/mol. The van der Waals surface area contributed by atoms with Gasteiger partial charge >= 0.3 is 0 Å². The van der Waals surface area contributed by atoms with Crippen molar-refractivity contribution in [3.63, 3.8) is 0 Å². The number of nitrogens with zero attached hydrogens (tertiary/aromatic N) is 4. The van der Waals surface area contributed by atoms with Crippen molar-refractivity contribution in [3.8, 4) is 11.4 Å². The van der Waals surface area contributed by atoms with Gasteiger partial charge in [0.1, 0.15) is 5.82 Å². The van der Waals surface area contributed by atoms with Gasteiger partial charge in [0, 0.05) is 16.8 Å². The van der Waals surface area contributed by atoms with E-state index in [0.29, 0.717) is 27.7 Å². The normalized spacial score (nSPS) is 10.8. The van der Waals surface area contributed by atoms with Crippen molar-refractivity contribution in [2.24, 2.45) is 0 Å². The first-order valence-electron chi connectivity index (χ1n) is 6.20. The first-order valence-corrected chi connectivity index (χ1v) is 6.58. The fourth-order valence-corrected chi connectivity index (χ4v) is 2.28. The lowest BCUT2D eigenvalue weighted by Gasteiger charge is -2.07. The molecule has 0 saturated heterocycles. The molecule has 0 atom stereocenters. The molecule has 21 heavy (non-hydrogen) atoms. The highest BCUT2D eigenvalue weighted by Crippen LogP contribution is 2.28. The maximum atomic E-state index is 13.7. The van der Waals surface area contributed by atoms with E-state index in [1.807, 2.05) is 0 Å². The number of tetrazole rings is 1. The van der Waals surface area contributed by atoms with Gasteiger partial charge in [0.05, 0.1) is 11.6 Å². The van der Waals surface area contributed by atoms with Crippen LogP contribution in [-0.2, 0) is 6.54 Å². The summed E-state index contributed by atoms with van der Waals surface area (Å²) in [6.45, 7) is 0.218. The van der Waals surface area contributed by atoms with Crippen LogP contribution in [0.4, 0.5) is 10.1 Å². The molecule has 0 saturated carbocycles. The average molecular weight is 304 g/mol. The maximum absolute atomic E-state index is 13.7. The summed E-state index contributed by atoms with van der Waals surface area (Å²) in [5, 5.41) is 11.9. The van der Waals surface area contributed by atoms with Crippen molar-refractivity contribution < 1.29 is 4.39 Å². The third-order valence-corrected chi connectivity index (χ3v) is 3.36. The fraction of sp³-hybridized carbons (Fsp3) is 0.0714. The zero-order chi connectivity index (χ0) is 14.8. The van der Waals surface area contributed by atoms with Crippen LogP contribution in [0.25, 0.3) is 11.4 Å². The third kappa shape index (κ3) is 2.71. The molecule has 0 radical (unpaired) electrons. The van der Waals surface area contributed by atoms with Gasteiger partial charge in [-0.2, -0.15) is 0 Å². The first-order chi connectivity index (χ1) is 10.1. The summed E-state index contributed by atoms with van der Waals surface area (Å²) in [5.41, 5.74) is 7.37. The number of nitrogen functional groups attached to an aromatic ring is 1. The maximum Gasteiger partial charge on any atom is 0.183 e. The van der Waals surface area contributed by atoms with Crippen LogP contribution in [0.1, 0.15) is 5.56 Å². The zero-order valence-corrected chi connectivity index (χ0v) is 11.6. The van der Waals surface area contributed by atoms with Crippen molar-refractivity contribution in [2.75, 3.05) is 5.73 Å². The van der Waals surface area contributed by atoms with E-state index in [1.165, 1.54) is 10.7 Å². The predicted octanol–water partition coefficient (Wildman–Crippen LogP) is 2.76. The molecular formula is C14H11ClFN5. The molecule has 3 rings (SSSR count). The highest BCUT2D eigenvalue weighted by Gasteiger charge is 2.14. The molecule has 0 fully saturated rings. The number of nitrogens with two attached hydrogens (primary N) is 1. The summed E-state index contributed by atoms with van der Waals surface area (Å²) in [7, 11) is 0. The van der Waals surface area contributed by atoms with Crippen LogP contribution < -0.4 is 5.73 Å². The monoisotopic (exact) mass is 303 g/mol. The summed E-state index contributed by atoms with van der Waals surface area (Å²) < 4.78 is 15.2. The van der Waals surface area contributed by atoms with Crippen molar-refractivity contribution in [1.29, 1.82) is 0 Å². The van der Waals surface area contributed by atoms with Crippen LogP contribution in [0.5, 0.6) is 0 Å². The van der Waals surface area contributed by atoms with Gasteiger partial charge in [-0.1, -0.05) is 29.8 Å². The summed E-state index contributed by atoms with van der Waals surface area (Å²) in [6, 6.07) is 11.6. The minimum Gasteiger partial charge on any atom is -0.399 e. The fourth-order valence-electron chi connectivity index (χ4n) is 2.00. The second-order valence-corrected chi connectivity index (χ2v) is 4.90. The molecule has 0 aliphatic rings. The lowest BCUT2D eigenvalue weighted by atomic mass is 10.1. The Morgan fingerprint density at radius 1 is 1.19 bits per heavy atom. The molecule has 0 spiro atoms. The Morgan fingerprint density at radius 3 is 2.76 bits per heavy atom. The molecule has 2 aromatic carbocycles. The second-order valence-electron chi connectivity index (χ2n) is 4.49. The second kappa shape index (κ2) is 5.49. The van der Waals surface area contributed by atoms with Crippen LogP contribution in [0.15, 0.2) is 42.5 Å². The van der Waals surface area contributed by atoms with E-state index in [1.54, 1.807) is 36.4 Å². The molecule has 0 bridgehead atoms. The number of rotatable bonds is 3. The summed E-state index contributed by atoms with van der Waals surface area (Å²) >= 11 is 6.16. The molecule has 2 N–H and O–H groups in total. The largest absolute Gasteiger partial charge is 0.399 e. The number of anilines is 1. The average Bonchev–Trinajstić information content (AvgIpc) is 2.89. The van der Waals surface area contributed by atoms with Gasteiger partial charge in [0.25, 0.3) is 0 Å². The van der Waals surface area contributed by atoms with Gasteiger partial charge in [-0.05, 0) is 34.7 Å². The van der Waals surface area contributed by atoms with Crippen molar-refractivity contribution in [1.82, 2.24) is 20.2 Å². The van der Waals surface area contributed by atoms with Gasteiger partial charge in [0.15, 0.2) is 5.82 Å². The molecule has 0 aliphatic carbocycles. The molecule has 7 heteroatoms. The number of hydrogen-bond acceptors (Lipinski definition) is 4. The van der Waals surface area contributed by atoms with E-state index < -0.39 is 0 Å². The van der Waals surface area contributed by atoms with E-state index in [4.69, 9.17) is 17.3 Å². The number of aromatic nitrogens is 4. The summed E-state index contributed by atoms with van der Waals surface area (Å²) in [4.78, 5) is 0. The number of halogens is 2. The minimum atomic E-state index is -0.303. The summed E-state index contributed by atoms with van der Waals surface area (Å²) in [5.74, 6) is 0.158. The molecule has 0 aliphatic heterocycles. The van der Waals surface area contributed by atoms with Gasteiger partial charge in [-0.25, -0.2) is 9.07 Å². The third-order valence-electron chi connectivity index (χ3n) is 3.04. The quantitative estimate of drug-likeness (QED) is 0.755. The molecule has 5 nitrogen and oxygen atoms in total. The summed E-state index contributed by atoms with van der Waals surface area (Å²) in [6.07, 6.45) is 0. The van der Waals surface area contributed by atoms with Gasteiger partial charge in [-0.15, -0.1) is 5.10 Å². The number of benzene rings is 2. The minimum absolute atomic E-state index is 0.218. The SMILES string of the molecule is Nc1ccc(-c2nnnn2Cc2ccccc2F)c(Cl)c1. The van der Waals surface area contributed by atoms with Crippen molar-refractivity contribution in [2.45, 2.75) is 6.54 Å². The standard InChI is InChI=1S/C14H11ClFN5/c15-12-7-10(17)5-6-11(12)14-18-19-20-21(14)8-9-3-1-2-4-13(9)16/h1-7H,8,17H2.